The second kappa shape index (κ2) is 3.42. The number of halogens is 1. The van der Waals surface area contributed by atoms with Crippen LogP contribution in [-0.2, 0) is 10.3 Å². The molecule has 80 valence electrons. The zero-order valence-corrected chi connectivity index (χ0v) is 8.96. The van der Waals surface area contributed by atoms with Crippen LogP contribution in [0.25, 0.3) is 0 Å². The second-order valence-electron chi connectivity index (χ2n) is 4.17. The average Bonchev–Trinajstić information content (AvgIpc) is 2.48. The van der Waals surface area contributed by atoms with Gasteiger partial charge in [0.05, 0.1) is 0 Å². The van der Waals surface area contributed by atoms with Crippen molar-refractivity contribution in [3.8, 4) is 0 Å². The maximum absolute atomic E-state index is 12.8. The van der Waals surface area contributed by atoms with E-state index in [4.69, 9.17) is 0 Å². The number of Topliss-reactive ketones (excluding diaryl/α,β-unsaturated/α-hetero) is 1. The summed E-state index contributed by atoms with van der Waals surface area (Å²) >= 11 is 0. The Labute approximate surface area is 88.7 Å². The van der Waals surface area contributed by atoms with Gasteiger partial charge in [-0.15, -0.1) is 0 Å². The fourth-order valence-electron chi connectivity index (χ4n) is 2.10. The highest BCUT2D eigenvalue weighted by atomic mass is 19.1. The molecular formula is C12H14FNO. The van der Waals surface area contributed by atoms with Gasteiger partial charge in [0.25, 0.3) is 0 Å². The summed E-state index contributed by atoms with van der Waals surface area (Å²) in [7, 11) is 1.92. The van der Waals surface area contributed by atoms with E-state index in [0.29, 0.717) is 6.42 Å². The number of carbonyl (C=O) groups excluding carboxylic acids is 1. The predicted octanol–water partition coefficient (Wildman–Crippen LogP) is 1.95. The fraction of sp³-hybridized carbons (Fsp3) is 0.417. The topological polar surface area (TPSA) is 20.3 Å². The van der Waals surface area contributed by atoms with Gasteiger partial charge < -0.3 is 0 Å². The minimum atomic E-state index is -0.576. The Morgan fingerprint density at radius 2 is 1.93 bits per heavy atom. The molecule has 1 aromatic rings. The first-order valence-corrected chi connectivity index (χ1v) is 5.06. The second-order valence-corrected chi connectivity index (χ2v) is 4.17. The molecule has 1 heterocycles. The van der Waals surface area contributed by atoms with E-state index in [1.54, 1.807) is 12.1 Å². The maximum atomic E-state index is 12.8. The molecule has 0 saturated carbocycles. The molecule has 2 nitrogen and oxygen atoms in total. The van der Waals surface area contributed by atoms with Crippen LogP contribution in [0.5, 0.6) is 0 Å². The number of likely N-dealkylation sites (tertiary alicyclic amines) is 1. The summed E-state index contributed by atoms with van der Waals surface area (Å²) < 4.78 is 12.8. The number of benzene rings is 1. The molecule has 1 aromatic carbocycles. The summed E-state index contributed by atoms with van der Waals surface area (Å²) in [6.07, 6.45) is 0.574. The van der Waals surface area contributed by atoms with Crippen LogP contribution in [0.4, 0.5) is 4.39 Å². The summed E-state index contributed by atoms with van der Waals surface area (Å²) in [5.74, 6) is -0.0629. The lowest BCUT2D eigenvalue weighted by Crippen LogP contribution is -2.40. The third-order valence-corrected chi connectivity index (χ3v) is 3.39. The number of likely N-dealkylation sites (N-methyl/N-ethyl adjacent to an activating group) is 1. The Bertz CT molecular complexity index is 387. The van der Waals surface area contributed by atoms with Gasteiger partial charge in [0.15, 0.2) is 5.78 Å². The lowest BCUT2D eigenvalue weighted by Gasteiger charge is -2.30. The van der Waals surface area contributed by atoms with Crippen molar-refractivity contribution in [2.45, 2.75) is 18.9 Å². The van der Waals surface area contributed by atoms with E-state index in [1.807, 2.05) is 18.9 Å². The Hall–Kier alpha value is -1.22. The third kappa shape index (κ3) is 1.47. The molecule has 1 aliphatic heterocycles. The Morgan fingerprint density at radius 3 is 2.40 bits per heavy atom. The molecule has 0 spiro atoms. The SMILES string of the molecule is CN1CCC(=O)C1(C)c1ccc(F)cc1. The minimum absolute atomic E-state index is 0.205. The molecular weight excluding hydrogens is 193 g/mol. The monoisotopic (exact) mass is 207 g/mol. The first kappa shape index (κ1) is 10.3. The van der Waals surface area contributed by atoms with E-state index < -0.39 is 5.54 Å². The van der Waals surface area contributed by atoms with E-state index in [-0.39, 0.29) is 11.6 Å². The van der Waals surface area contributed by atoms with Crippen molar-refractivity contribution in [2.75, 3.05) is 13.6 Å². The van der Waals surface area contributed by atoms with E-state index in [9.17, 15) is 9.18 Å². The maximum Gasteiger partial charge on any atom is 0.158 e. The fourth-order valence-corrected chi connectivity index (χ4v) is 2.10. The lowest BCUT2D eigenvalue weighted by atomic mass is 9.88. The molecule has 1 saturated heterocycles. The summed E-state index contributed by atoms with van der Waals surface area (Å²) in [5, 5.41) is 0. The Morgan fingerprint density at radius 1 is 1.33 bits per heavy atom. The molecule has 0 N–H and O–H groups in total. The number of ketones is 1. The molecule has 1 unspecified atom stereocenters. The van der Waals surface area contributed by atoms with Gasteiger partial charge in [0.1, 0.15) is 11.4 Å². The van der Waals surface area contributed by atoms with Gasteiger partial charge in [0.2, 0.25) is 0 Å². The third-order valence-electron chi connectivity index (χ3n) is 3.39. The van der Waals surface area contributed by atoms with Crippen molar-refractivity contribution in [3.63, 3.8) is 0 Å². The van der Waals surface area contributed by atoms with Crippen LogP contribution in [-0.4, -0.2) is 24.3 Å². The molecule has 15 heavy (non-hydrogen) atoms. The van der Waals surface area contributed by atoms with Gasteiger partial charge in [-0.1, -0.05) is 12.1 Å². The Kier molecular flexibility index (Phi) is 2.35. The van der Waals surface area contributed by atoms with Crippen LogP contribution in [0.1, 0.15) is 18.9 Å². The highest BCUT2D eigenvalue weighted by Crippen LogP contribution is 2.34. The van der Waals surface area contributed by atoms with Crippen molar-refractivity contribution in [1.29, 1.82) is 0 Å². The molecule has 0 radical (unpaired) electrons. The summed E-state index contributed by atoms with van der Waals surface area (Å²) in [5.41, 5.74) is 0.294. The first-order chi connectivity index (χ1) is 7.05. The molecule has 0 aliphatic carbocycles. The molecule has 1 fully saturated rings. The zero-order valence-electron chi connectivity index (χ0n) is 8.96. The molecule has 1 aliphatic rings. The summed E-state index contributed by atoms with van der Waals surface area (Å²) in [6, 6.07) is 6.18. The molecule has 0 amide bonds. The van der Waals surface area contributed by atoms with Crippen LogP contribution in [0, 0.1) is 5.82 Å². The van der Waals surface area contributed by atoms with E-state index in [0.717, 1.165) is 12.1 Å². The lowest BCUT2D eigenvalue weighted by molar-refractivity contribution is -0.124. The van der Waals surface area contributed by atoms with Gasteiger partial charge in [0, 0.05) is 13.0 Å². The van der Waals surface area contributed by atoms with Gasteiger partial charge in [-0.2, -0.15) is 0 Å². The molecule has 2 rings (SSSR count). The minimum Gasteiger partial charge on any atom is -0.297 e. The van der Waals surface area contributed by atoms with Crippen molar-refractivity contribution in [1.82, 2.24) is 4.90 Å². The van der Waals surface area contributed by atoms with E-state index in [2.05, 4.69) is 0 Å². The number of nitrogens with zero attached hydrogens (tertiary/aromatic N) is 1. The van der Waals surface area contributed by atoms with Crippen molar-refractivity contribution in [2.24, 2.45) is 0 Å². The quantitative estimate of drug-likeness (QED) is 0.701. The summed E-state index contributed by atoms with van der Waals surface area (Å²) in [6.45, 7) is 2.67. The van der Waals surface area contributed by atoms with Crippen LogP contribution in [0.2, 0.25) is 0 Å². The standard InChI is InChI=1S/C12H14FNO/c1-12(11(15)7-8-14(12)2)9-3-5-10(13)6-4-9/h3-6H,7-8H2,1-2H3. The summed E-state index contributed by atoms with van der Waals surface area (Å²) in [4.78, 5) is 13.9. The molecule has 0 bridgehead atoms. The molecule has 0 aromatic heterocycles. The smallest absolute Gasteiger partial charge is 0.158 e. The molecule has 3 heteroatoms. The zero-order chi connectivity index (χ0) is 11.1. The average molecular weight is 207 g/mol. The van der Waals surface area contributed by atoms with Crippen LogP contribution in [0.15, 0.2) is 24.3 Å². The highest BCUT2D eigenvalue weighted by Gasteiger charge is 2.43. The molecule has 1 atom stereocenters. The number of rotatable bonds is 1. The predicted molar refractivity (Wildman–Crippen MR) is 56.0 cm³/mol. The van der Waals surface area contributed by atoms with Crippen molar-refractivity contribution in [3.05, 3.63) is 35.6 Å². The van der Waals surface area contributed by atoms with Gasteiger partial charge >= 0.3 is 0 Å². The number of carbonyl (C=O) groups is 1. The normalized spacial score (nSPS) is 27.3. The highest BCUT2D eigenvalue weighted by molar-refractivity contribution is 5.91. The van der Waals surface area contributed by atoms with Crippen LogP contribution >= 0.6 is 0 Å². The number of hydrogen-bond donors (Lipinski definition) is 0. The largest absolute Gasteiger partial charge is 0.297 e. The first-order valence-electron chi connectivity index (χ1n) is 5.06. The van der Waals surface area contributed by atoms with Gasteiger partial charge in [-0.25, -0.2) is 4.39 Å². The van der Waals surface area contributed by atoms with E-state index >= 15 is 0 Å². The Balaban J connectivity index is 2.44. The van der Waals surface area contributed by atoms with Crippen molar-refractivity contribution >= 4 is 5.78 Å². The van der Waals surface area contributed by atoms with E-state index in [1.165, 1.54) is 12.1 Å². The van der Waals surface area contributed by atoms with Gasteiger partial charge in [-0.05, 0) is 31.7 Å². The van der Waals surface area contributed by atoms with Crippen molar-refractivity contribution < 1.29 is 9.18 Å². The van der Waals surface area contributed by atoms with Crippen LogP contribution in [0.3, 0.4) is 0 Å². The number of hydrogen-bond acceptors (Lipinski definition) is 2. The van der Waals surface area contributed by atoms with Gasteiger partial charge in [-0.3, -0.25) is 9.69 Å². The van der Waals surface area contributed by atoms with Crippen LogP contribution < -0.4 is 0 Å².